The van der Waals surface area contributed by atoms with E-state index in [1.807, 2.05) is 70.0 Å². The molecule has 0 aliphatic heterocycles. The van der Waals surface area contributed by atoms with Crippen molar-refractivity contribution in [3.63, 3.8) is 0 Å². The van der Waals surface area contributed by atoms with Gasteiger partial charge in [-0.1, -0.05) is 62.4 Å². The number of ether oxygens (including phenoxy) is 2. The average molecular weight is 673 g/mol. The minimum atomic E-state index is -0.340. The van der Waals surface area contributed by atoms with Crippen LogP contribution in [0.25, 0.3) is 44.4 Å². The molecule has 7 heteroatoms. The first-order valence-electron chi connectivity index (χ1n) is 17.1. The zero-order valence-electron chi connectivity index (χ0n) is 29.0. The van der Waals surface area contributed by atoms with Crippen LogP contribution in [-0.4, -0.2) is 19.3 Å². The van der Waals surface area contributed by atoms with Crippen molar-refractivity contribution in [3.8, 4) is 39.9 Å². The van der Waals surface area contributed by atoms with Gasteiger partial charge >= 0.3 is 0 Å². The molecule has 0 spiro atoms. The van der Waals surface area contributed by atoms with Gasteiger partial charge in [0.25, 0.3) is 0 Å². The van der Waals surface area contributed by atoms with E-state index in [-0.39, 0.29) is 11.7 Å². The van der Waals surface area contributed by atoms with Gasteiger partial charge in [-0.2, -0.15) is 5.10 Å². The zero-order valence-corrected chi connectivity index (χ0v) is 29.0. The largest absolute Gasteiger partial charge is 0.489 e. The van der Waals surface area contributed by atoms with E-state index in [4.69, 9.17) is 14.6 Å². The fourth-order valence-corrected chi connectivity index (χ4v) is 6.84. The van der Waals surface area contributed by atoms with Crippen molar-refractivity contribution in [1.82, 2.24) is 19.3 Å². The molecule has 0 aliphatic carbocycles. The Bertz CT molecular complexity index is 2510. The summed E-state index contributed by atoms with van der Waals surface area (Å²) in [4.78, 5) is 4.50. The summed E-state index contributed by atoms with van der Waals surface area (Å²) in [5, 5.41) is 6.89. The zero-order chi connectivity index (χ0) is 35.1. The van der Waals surface area contributed by atoms with E-state index in [1.165, 1.54) is 18.3 Å². The number of fused-ring (bicyclic) bond motifs is 3. The van der Waals surface area contributed by atoms with Crippen LogP contribution < -0.4 is 9.47 Å². The second-order valence-corrected chi connectivity index (χ2v) is 13.3. The van der Waals surface area contributed by atoms with Crippen molar-refractivity contribution in [2.75, 3.05) is 0 Å². The Kier molecular flexibility index (Phi) is 8.32. The SMILES string of the molecule is Cc1cc(OCc2ccccc2)cc(C)c1-c1cnn(-c2cc(Oc3ccc4c5ccccc5n(-c5cc(F)ccn5)c4c3)cc(C(C)C)c2)c1. The molecule has 0 saturated carbocycles. The third-order valence-electron chi connectivity index (χ3n) is 9.29. The van der Waals surface area contributed by atoms with Crippen LogP contribution in [0.4, 0.5) is 4.39 Å². The van der Waals surface area contributed by atoms with Gasteiger partial charge < -0.3 is 9.47 Å². The molecule has 51 heavy (non-hydrogen) atoms. The highest BCUT2D eigenvalue weighted by Crippen LogP contribution is 2.37. The second-order valence-electron chi connectivity index (χ2n) is 13.3. The minimum absolute atomic E-state index is 0.263. The molecule has 3 aromatic heterocycles. The second kappa shape index (κ2) is 13.2. The number of aryl methyl sites for hydroxylation is 2. The molecule has 8 aromatic rings. The monoisotopic (exact) mass is 672 g/mol. The summed E-state index contributed by atoms with van der Waals surface area (Å²) >= 11 is 0. The van der Waals surface area contributed by atoms with Gasteiger partial charge in [0, 0.05) is 46.9 Å². The predicted octanol–water partition coefficient (Wildman–Crippen LogP) is 11.3. The third-order valence-corrected chi connectivity index (χ3v) is 9.29. The molecule has 0 atom stereocenters. The van der Waals surface area contributed by atoms with Crippen LogP contribution in [0.1, 0.15) is 42.0 Å². The first-order valence-corrected chi connectivity index (χ1v) is 17.1. The summed E-state index contributed by atoms with van der Waals surface area (Å²) in [6.45, 7) is 9.08. The Morgan fingerprint density at radius 2 is 1.49 bits per heavy atom. The number of rotatable bonds is 9. The fraction of sp³-hybridized carbons (Fsp3) is 0.136. The molecule has 5 aromatic carbocycles. The number of benzene rings is 5. The molecule has 3 heterocycles. The number of aromatic nitrogens is 4. The maximum absolute atomic E-state index is 14.4. The van der Waals surface area contributed by atoms with Crippen LogP contribution in [0.3, 0.4) is 0 Å². The first kappa shape index (κ1) is 32.0. The Morgan fingerprint density at radius 1 is 0.725 bits per heavy atom. The number of pyridine rings is 1. The van der Waals surface area contributed by atoms with Gasteiger partial charge in [0.15, 0.2) is 0 Å². The summed E-state index contributed by atoms with van der Waals surface area (Å²) < 4.78 is 31.0. The van der Waals surface area contributed by atoms with E-state index in [1.54, 1.807) is 0 Å². The van der Waals surface area contributed by atoms with Crippen molar-refractivity contribution in [2.45, 2.75) is 40.2 Å². The smallest absolute Gasteiger partial charge is 0.140 e. The standard InChI is InChI=1S/C44H37FN4O2/c1-28(2)32-20-35(48-26-33(25-47-48)44-29(3)18-37(19-30(44)4)50-27-31-10-6-5-7-11-31)23-38(21-32)51-36-14-15-40-39-12-8-9-13-41(39)49(42(40)24-36)43-22-34(45)16-17-46-43/h5-26,28H,27H2,1-4H3. The lowest BCUT2D eigenvalue weighted by atomic mass is 9.98. The lowest BCUT2D eigenvalue weighted by Crippen LogP contribution is -1.99. The van der Waals surface area contributed by atoms with Crippen LogP contribution in [0.5, 0.6) is 17.2 Å². The van der Waals surface area contributed by atoms with Gasteiger partial charge in [-0.3, -0.25) is 4.57 Å². The van der Waals surface area contributed by atoms with E-state index in [9.17, 15) is 4.39 Å². The number of hydrogen-bond donors (Lipinski definition) is 0. The molecule has 252 valence electrons. The van der Waals surface area contributed by atoms with Gasteiger partial charge in [0.05, 0.1) is 22.9 Å². The number of halogens is 1. The third kappa shape index (κ3) is 6.34. The van der Waals surface area contributed by atoms with Gasteiger partial charge in [-0.25, -0.2) is 14.1 Å². The summed E-state index contributed by atoms with van der Waals surface area (Å²) in [5.41, 5.74) is 9.41. The molecule has 0 fully saturated rings. The molecule has 0 N–H and O–H groups in total. The summed E-state index contributed by atoms with van der Waals surface area (Å²) in [6, 6.07) is 37.5. The quantitative estimate of drug-likeness (QED) is 0.153. The maximum Gasteiger partial charge on any atom is 0.140 e. The van der Waals surface area contributed by atoms with Crippen LogP contribution in [0, 0.1) is 19.7 Å². The molecule has 0 radical (unpaired) electrons. The number of para-hydroxylation sites is 1. The first-order chi connectivity index (χ1) is 24.8. The van der Waals surface area contributed by atoms with E-state index in [0.717, 1.165) is 66.6 Å². The molecule has 8 rings (SSSR count). The average Bonchev–Trinajstić information content (AvgIpc) is 3.74. The Morgan fingerprint density at radius 3 is 2.27 bits per heavy atom. The van der Waals surface area contributed by atoms with Crippen molar-refractivity contribution in [2.24, 2.45) is 0 Å². The van der Waals surface area contributed by atoms with Crippen LogP contribution in [-0.2, 0) is 6.61 Å². The number of hydrogen-bond acceptors (Lipinski definition) is 4. The molecule has 0 aliphatic rings. The van der Waals surface area contributed by atoms with Gasteiger partial charge in [-0.15, -0.1) is 0 Å². The maximum atomic E-state index is 14.4. The molecular weight excluding hydrogens is 636 g/mol. The molecule has 0 saturated heterocycles. The van der Waals surface area contributed by atoms with Crippen molar-refractivity contribution < 1.29 is 13.9 Å². The van der Waals surface area contributed by atoms with E-state index >= 15 is 0 Å². The van der Waals surface area contributed by atoms with Crippen molar-refractivity contribution in [3.05, 3.63) is 162 Å². The lowest BCUT2D eigenvalue weighted by Gasteiger charge is -2.14. The minimum Gasteiger partial charge on any atom is -0.489 e. The highest BCUT2D eigenvalue weighted by atomic mass is 19.1. The topological polar surface area (TPSA) is 54.1 Å². The number of nitrogens with zero attached hydrogens (tertiary/aromatic N) is 4. The molecule has 0 unspecified atom stereocenters. The van der Waals surface area contributed by atoms with Gasteiger partial charge in [0.1, 0.15) is 35.5 Å². The van der Waals surface area contributed by atoms with Crippen LogP contribution in [0.2, 0.25) is 0 Å². The molecule has 0 bridgehead atoms. The molecule has 0 amide bonds. The predicted molar refractivity (Wildman–Crippen MR) is 202 cm³/mol. The Balaban J connectivity index is 1.12. The van der Waals surface area contributed by atoms with E-state index in [0.29, 0.717) is 23.9 Å². The van der Waals surface area contributed by atoms with E-state index < -0.39 is 0 Å². The van der Waals surface area contributed by atoms with Gasteiger partial charge in [0.2, 0.25) is 0 Å². The van der Waals surface area contributed by atoms with Crippen LogP contribution >= 0.6 is 0 Å². The van der Waals surface area contributed by atoms with Crippen LogP contribution in [0.15, 0.2) is 134 Å². The molecule has 6 nitrogen and oxygen atoms in total. The summed E-state index contributed by atoms with van der Waals surface area (Å²) in [7, 11) is 0. The highest BCUT2D eigenvalue weighted by Gasteiger charge is 2.17. The fourth-order valence-electron chi connectivity index (χ4n) is 6.84. The van der Waals surface area contributed by atoms with E-state index in [2.05, 4.69) is 87.4 Å². The Labute approximate surface area is 296 Å². The van der Waals surface area contributed by atoms with Gasteiger partial charge in [-0.05, 0) is 96.1 Å². The highest BCUT2D eigenvalue weighted by molar-refractivity contribution is 6.09. The summed E-state index contributed by atoms with van der Waals surface area (Å²) in [6.07, 6.45) is 5.47. The van der Waals surface area contributed by atoms with Crippen molar-refractivity contribution >= 4 is 21.8 Å². The normalized spacial score (nSPS) is 11.5. The molecular formula is C44H37FN4O2. The Hall–Kier alpha value is -6.21. The summed E-state index contributed by atoms with van der Waals surface area (Å²) in [5.74, 6) is 2.65. The lowest BCUT2D eigenvalue weighted by molar-refractivity contribution is 0.306. The van der Waals surface area contributed by atoms with Crippen molar-refractivity contribution in [1.29, 1.82) is 0 Å².